The minimum Gasteiger partial charge on any atom is -0.462 e. The van der Waals surface area contributed by atoms with Crippen LogP contribution in [0.1, 0.15) is 149 Å². The van der Waals surface area contributed by atoms with Crippen LogP contribution in [0.2, 0.25) is 0 Å². The van der Waals surface area contributed by atoms with Crippen molar-refractivity contribution in [2.45, 2.75) is 155 Å². The van der Waals surface area contributed by atoms with E-state index in [0.717, 1.165) is 64.9 Å². The van der Waals surface area contributed by atoms with Gasteiger partial charge in [0, 0.05) is 20.0 Å². The van der Waals surface area contributed by atoms with Gasteiger partial charge in [-0.05, 0) is 51.4 Å². The highest BCUT2D eigenvalue weighted by atomic mass is 31.2. The number of carbonyl (C=O) groups is 2. The zero-order chi connectivity index (χ0) is 34.0. The fourth-order valence-electron chi connectivity index (χ4n) is 4.59. The molecule has 0 saturated carbocycles. The third kappa shape index (κ3) is 32.0. The summed E-state index contributed by atoms with van der Waals surface area (Å²) in [5, 5.41) is 0. The topological polar surface area (TPSA) is 108 Å². The second-order valence-corrected chi connectivity index (χ2v) is 13.2. The molecular weight excluding hydrogens is 603 g/mol. The lowest BCUT2D eigenvalue weighted by molar-refractivity contribution is -0.161. The Bertz CT molecular complexity index is 896. The highest BCUT2D eigenvalue weighted by Crippen LogP contribution is 2.42. The van der Waals surface area contributed by atoms with Crippen molar-refractivity contribution in [2.24, 2.45) is 0 Å². The highest BCUT2D eigenvalue weighted by molar-refractivity contribution is 7.47. The monoisotopic (exact) mass is 668 g/mol. The average molecular weight is 669 g/mol. The number of unbranched alkanes of at least 4 members (excludes halogenated alkanes) is 13. The molecule has 0 aliphatic carbocycles. The Morgan fingerprint density at radius 1 is 0.630 bits per heavy atom. The molecule has 8 nitrogen and oxygen atoms in total. The molecule has 266 valence electrons. The molecule has 2 unspecified atom stereocenters. The van der Waals surface area contributed by atoms with Crippen molar-refractivity contribution < 1.29 is 37.6 Å². The van der Waals surface area contributed by atoms with E-state index in [1.165, 1.54) is 57.8 Å². The number of phosphoric ester groups is 1. The number of hydrogen-bond acceptors (Lipinski definition) is 7. The second-order valence-electron chi connectivity index (χ2n) is 11.6. The Balaban J connectivity index is 4.18. The van der Waals surface area contributed by atoms with Crippen LogP contribution in [-0.4, -0.2) is 43.3 Å². The number of esters is 2. The fourth-order valence-corrected chi connectivity index (χ4v) is 5.05. The second kappa shape index (κ2) is 32.9. The van der Waals surface area contributed by atoms with Crippen LogP contribution in [0.25, 0.3) is 0 Å². The van der Waals surface area contributed by atoms with Crippen molar-refractivity contribution in [3.63, 3.8) is 0 Å². The van der Waals surface area contributed by atoms with E-state index in [1.54, 1.807) is 0 Å². The van der Waals surface area contributed by atoms with Gasteiger partial charge in [0.1, 0.15) is 6.61 Å². The third-order valence-electron chi connectivity index (χ3n) is 7.34. The largest absolute Gasteiger partial charge is 0.472 e. The smallest absolute Gasteiger partial charge is 0.462 e. The first-order chi connectivity index (χ1) is 22.3. The van der Waals surface area contributed by atoms with Gasteiger partial charge in [-0.2, -0.15) is 0 Å². The Hall–Kier alpha value is -1.99. The Morgan fingerprint density at radius 3 is 1.65 bits per heavy atom. The maximum atomic E-state index is 12.4. The number of ether oxygens (including phenoxy) is 2. The minimum absolute atomic E-state index is 0.192. The van der Waals surface area contributed by atoms with Crippen LogP contribution in [0, 0.1) is 0 Å². The van der Waals surface area contributed by atoms with Gasteiger partial charge in [-0.3, -0.25) is 18.6 Å². The van der Waals surface area contributed by atoms with E-state index >= 15 is 0 Å². The Labute approximate surface area is 280 Å². The third-order valence-corrected chi connectivity index (χ3v) is 8.27. The molecule has 0 bridgehead atoms. The van der Waals surface area contributed by atoms with Gasteiger partial charge in [-0.25, -0.2) is 4.57 Å². The van der Waals surface area contributed by atoms with Gasteiger partial charge in [0.05, 0.1) is 6.61 Å². The summed E-state index contributed by atoms with van der Waals surface area (Å²) in [6, 6.07) is 0. The summed E-state index contributed by atoms with van der Waals surface area (Å²) in [6.07, 6.45) is 37.4. The fraction of sp³-hybridized carbons (Fsp3) is 0.730. The molecular formula is C37H65O8P. The molecule has 0 aromatic heterocycles. The normalized spacial score (nSPS) is 14.1. The number of rotatable bonds is 32. The molecule has 0 amide bonds. The first-order valence-electron chi connectivity index (χ1n) is 17.8. The molecule has 0 heterocycles. The molecule has 0 aliphatic rings. The van der Waals surface area contributed by atoms with Gasteiger partial charge >= 0.3 is 19.8 Å². The van der Waals surface area contributed by atoms with Gasteiger partial charge in [0.25, 0.3) is 0 Å². The SMILES string of the molecule is CC/C=C\C/C=C\C/C=C\C/C=C\CCCCC(=O)OC(COC(=O)CCCCCCCCCCCCCC)COP(=O)(O)OC. The van der Waals surface area contributed by atoms with Crippen molar-refractivity contribution in [1.29, 1.82) is 0 Å². The van der Waals surface area contributed by atoms with E-state index in [-0.39, 0.29) is 25.4 Å². The maximum absolute atomic E-state index is 12.4. The van der Waals surface area contributed by atoms with Crippen LogP contribution in [-0.2, 0) is 32.7 Å². The van der Waals surface area contributed by atoms with E-state index in [2.05, 4.69) is 67.0 Å². The van der Waals surface area contributed by atoms with Crippen molar-refractivity contribution >= 4 is 19.8 Å². The van der Waals surface area contributed by atoms with Crippen LogP contribution in [0.4, 0.5) is 0 Å². The first-order valence-corrected chi connectivity index (χ1v) is 19.3. The zero-order valence-corrected chi connectivity index (χ0v) is 30.1. The van der Waals surface area contributed by atoms with E-state index in [4.69, 9.17) is 14.0 Å². The van der Waals surface area contributed by atoms with Crippen LogP contribution < -0.4 is 0 Å². The molecule has 0 aliphatic heterocycles. The summed E-state index contributed by atoms with van der Waals surface area (Å²) in [6.45, 7) is 3.71. The average Bonchev–Trinajstić information content (AvgIpc) is 3.04. The van der Waals surface area contributed by atoms with Crippen molar-refractivity contribution in [3.8, 4) is 0 Å². The van der Waals surface area contributed by atoms with E-state index < -0.39 is 26.5 Å². The molecule has 0 saturated heterocycles. The molecule has 0 radical (unpaired) electrons. The predicted molar refractivity (Wildman–Crippen MR) is 188 cm³/mol. The van der Waals surface area contributed by atoms with Crippen molar-refractivity contribution in [1.82, 2.24) is 0 Å². The van der Waals surface area contributed by atoms with Crippen LogP contribution in [0.3, 0.4) is 0 Å². The molecule has 2 atom stereocenters. The van der Waals surface area contributed by atoms with E-state index in [9.17, 15) is 19.0 Å². The molecule has 0 fully saturated rings. The summed E-state index contributed by atoms with van der Waals surface area (Å²) in [5.74, 6) is -0.856. The number of allylic oxidation sites excluding steroid dienone is 8. The number of carbonyl (C=O) groups excluding carboxylic acids is 2. The Kier molecular flexibility index (Phi) is 31.5. The van der Waals surface area contributed by atoms with Gasteiger partial charge in [0.15, 0.2) is 6.10 Å². The lowest BCUT2D eigenvalue weighted by Gasteiger charge is -2.19. The van der Waals surface area contributed by atoms with Gasteiger partial charge in [-0.15, -0.1) is 0 Å². The number of hydrogen-bond donors (Lipinski definition) is 1. The molecule has 46 heavy (non-hydrogen) atoms. The first kappa shape index (κ1) is 44.0. The van der Waals surface area contributed by atoms with E-state index in [0.29, 0.717) is 6.42 Å². The van der Waals surface area contributed by atoms with E-state index in [1.807, 2.05) is 0 Å². The van der Waals surface area contributed by atoms with Crippen LogP contribution in [0.15, 0.2) is 48.6 Å². The van der Waals surface area contributed by atoms with Crippen LogP contribution >= 0.6 is 7.82 Å². The molecule has 0 aromatic carbocycles. The van der Waals surface area contributed by atoms with Crippen molar-refractivity contribution in [3.05, 3.63) is 48.6 Å². The summed E-state index contributed by atoms with van der Waals surface area (Å²) >= 11 is 0. The van der Waals surface area contributed by atoms with Gasteiger partial charge in [-0.1, -0.05) is 133 Å². The Morgan fingerprint density at radius 2 is 1.11 bits per heavy atom. The summed E-state index contributed by atoms with van der Waals surface area (Å²) in [7, 11) is -3.22. The molecule has 0 spiro atoms. The molecule has 1 N–H and O–H groups in total. The summed E-state index contributed by atoms with van der Waals surface area (Å²) < 4.78 is 31.8. The van der Waals surface area contributed by atoms with Gasteiger partial charge < -0.3 is 14.4 Å². The van der Waals surface area contributed by atoms with Crippen LogP contribution in [0.5, 0.6) is 0 Å². The van der Waals surface area contributed by atoms with Gasteiger partial charge in [0.2, 0.25) is 0 Å². The molecule has 0 rings (SSSR count). The lowest BCUT2D eigenvalue weighted by Crippen LogP contribution is -2.29. The van der Waals surface area contributed by atoms with Crippen molar-refractivity contribution in [2.75, 3.05) is 20.3 Å². The standard InChI is InChI=1S/C37H65O8P/c1-4-6-8-10-12-14-16-18-19-20-22-24-26-28-30-32-37(39)45-35(34-44-46(40,41)42-3)33-43-36(38)31-29-27-25-23-21-17-15-13-11-9-7-5-2/h6,8,12,14,18-19,22,24,35H,4-5,7,9-11,13,15-17,20-21,23,25-34H2,1-3H3,(H,40,41)/b8-6-,14-12-,19-18-,24-22-. The predicted octanol–water partition coefficient (Wildman–Crippen LogP) is 10.7. The number of phosphoric acid groups is 1. The minimum atomic E-state index is -4.26. The molecule has 0 aromatic rings. The highest BCUT2D eigenvalue weighted by Gasteiger charge is 2.24. The maximum Gasteiger partial charge on any atom is 0.472 e. The lowest BCUT2D eigenvalue weighted by atomic mass is 10.0. The zero-order valence-electron chi connectivity index (χ0n) is 29.2. The quantitative estimate of drug-likeness (QED) is 0.0326. The molecule has 9 heteroatoms. The summed E-state index contributed by atoms with van der Waals surface area (Å²) in [4.78, 5) is 34.2. The summed E-state index contributed by atoms with van der Waals surface area (Å²) in [5.41, 5.74) is 0.